The number of unbranched alkanes of at least 4 members (excludes halogenated alkanes) is 2. The number of anilines is 2. The zero-order valence-corrected chi connectivity index (χ0v) is 16.1. The van der Waals surface area contributed by atoms with E-state index in [0.717, 1.165) is 12.1 Å². The van der Waals surface area contributed by atoms with Gasteiger partial charge in [0.05, 0.1) is 6.21 Å². The molecule has 1 aromatic heterocycles. The molecule has 136 valence electrons. The summed E-state index contributed by atoms with van der Waals surface area (Å²) in [6, 6.07) is 8.59. The van der Waals surface area contributed by atoms with Gasteiger partial charge in [0.2, 0.25) is 5.13 Å². The third-order valence-corrected chi connectivity index (χ3v) is 4.70. The second-order valence-electron chi connectivity index (χ2n) is 6.17. The average molecular weight is 360 g/mol. The molecular formula is C19H29N5S. The first-order chi connectivity index (χ1) is 12.2. The molecule has 25 heavy (non-hydrogen) atoms. The van der Waals surface area contributed by atoms with E-state index in [0.29, 0.717) is 10.9 Å². The summed E-state index contributed by atoms with van der Waals surface area (Å²) in [6.07, 6.45) is 6.82. The van der Waals surface area contributed by atoms with Gasteiger partial charge in [-0.2, -0.15) is 5.10 Å². The summed E-state index contributed by atoms with van der Waals surface area (Å²) in [5.41, 5.74) is 10.9. The summed E-state index contributed by atoms with van der Waals surface area (Å²) in [5, 5.41) is 6.69. The van der Waals surface area contributed by atoms with E-state index in [2.05, 4.69) is 58.5 Å². The van der Waals surface area contributed by atoms with Crippen LogP contribution in [0.2, 0.25) is 0 Å². The van der Waals surface area contributed by atoms with Crippen molar-refractivity contribution in [3.05, 3.63) is 40.8 Å². The Morgan fingerprint density at radius 1 is 1.16 bits per heavy atom. The van der Waals surface area contributed by atoms with Gasteiger partial charge in [0, 0.05) is 11.9 Å². The summed E-state index contributed by atoms with van der Waals surface area (Å²) >= 11 is 1.44. The first-order valence-electron chi connectivity index (χ1n) is 9.02. The van der Waals surface area contributed by atoms with E-state index < -0.39 is 0 Å². The number of thiazole rings is 1. The van der Waals surface area contributed by atoms with Gasteiger partial charge in [0.1, 0.15) is 5.82 Å². The molecule has 0 amide bonds. The van der Waals surface area contributed by atoms with Crippen molar-refractivity contribution < 1.29 is 0 Å². The minimum absolute atomic E-state index is 0.516. The maximum atomic E-state index is 5.58. The number of hydrogen-bond donors (Lipinski definition) is 2. The van der Waals surface area contributed by atoms with E-state index in [1.165, 1.54) is 55.7 Å². The lowest BCUT2D eigenvalue weighted by molar-refractivity contribution is 0.257. The molecule has 0 saturated heterocycles. The van der Waals surface area contributed by atoms with Crippen LogP contribution >= 0.6 is 11.3 Å². The lowest BCUT2D eigenvalue weighted by Gasteiger charge is -2.22. The van der Waals surface area contributed by atoms with E-state index in [4.69, 9.17) is 5.73 Å². The van der Waals surface area contributed by atoms with Gasteiger partial charge in [-0.25, -0.2) is 4.98 Å². The summed E-state index contributed by atoms with van der Waals surface area (Å²) in [6.45, 7) is 7.88. The molecule has 0 aliphatic rings. The SMILES string of the molecule is CCCCN(CCCC)Cc1ccc(C=NNc2nc(N)cs2)cc1. The van der Waals surface area contributed by atoms with Crippen LogP contribution in [0, 0.1) is 0 Å². The Balaban J connectivity index is 1.86. The number of nitrogens with one attached hydrogen (secondary N) is 1. The fraction of sp³-hybridized carbons (Fsp3) is 0.474. The highest BCUT2D eigenvalue weighted by Crippen LogP contribution is 2.16. The summed E-state index contributed by atoms with van der Waals surface area (Å²) in [7, 11) is 0. The molecule has 2 rings (SSSR count). The highest BCUT2D eigenvalue weighted by atomic mass is 32.1. The van der Waals surface area contributed by atoms with Crippen molar-refractivity contribution >= 4 is 28.5 Å². The monoisotopic (exact) mass is 359 g/mol. The Bertz CT molecular complexity index is 628. The molecule has 0 aliphatic heterocycles. The highest BCUT2D eigenvalue weighted by Gasteiger charge is 2.05. The third kappa shape index (κ3) is 7.23. The lowest BCUT2D eigenvalue weighted by atomic mass is 10.1. The number of hydrogen-bond acceptors (Lipinski definition) is 6. The van der Waals surface area contributed by atoms with Crippen molar-refractivity contribution in [2.45, 2.75) is 46.1 Å². The summed E-state index contributed by atoms with van der Waals surface area (Å²) in [5.74, 6) is 0.516. The molecule has 0 aliphatic carbocycles. The summed E-state index contributed by atoms with van der Waals surface area (Å²) in [4.78, 5) is 6.66. The number of hydrazone groups is 1. The Kier molecular flexibility index (Phi) is 8.42. The fourth-order valence-corrected chi connectivity index (χ4v) is 3.05. The molecule has 0 unspecified atom stereocenters. The van der Waals surface area contributed by atoms with Crippen LogP contribution in [-0.2, 0) is 6.54 Å². The van der Waals surface area contributed by atoms with E-state index in [1.807, 2.05) is 0 Å². The van der Waals surface area contributed by atoms with E-state index in [9.17, 15) is 0 Å². The third-order valence-electron chi connectivity index (χ3n) is 3.94. The number of nitrogens with two attached hydrogens (primary N) is 1. The maximum absolute atomic E-state index is 5.58. The van der Waals surface area contributed by atoms with Crippen molar-refractivity contribution in [2.75, 3.05) is 24.2 Å². The Morgan fingerprint density at radius 2 is 1.84 bits per heavy atom. The van der Waals surface area contributed by atoms with E-state index >= 15 is 0 Å². The zero-order valence-electron chi connectivity index (χ0n) is 15.2. The molecule has 1 heterocycles. The van der Waals surface area contributed by atoms with E-state index in [1.54, 1.807) is 11.6 Å². The van der Waals surface area contributed by atoms with Crippen LogP contribution in [-0.4, -0.2) is 29.2 Å². The van der Waals surface area contributed by atoms with Crippen LogP contribution < -0.4 is 11.2 Å². The predicted molar refractivity (Wildman–Crippen MR) is 109 cm³/mol. The predicted octanol–water partition coefficient (Wildman–Crippen LogP) is 4.57. The molecule has 0 radical (unpaired) electrons. The Hall–Kier alpha value is -1.92. The quantitative estimate of drug-likeness (QED) is 0.455. The smallest absolute Gasteiger partial charge is 0.205 e. The summed E-state index contributed by atoms with van der Waals surface area (Å²) < 4.78 is 0. The second-order valence-corrected chi connectivity index (χ2v) is 7.03. The molecule has 0 spiro atoms. The zero-order chi connectivity index (χ0) is 17.9. The molecule has 0 fully saturated rings. The first kappa shape index (κ1) is 19.4. The molecule has 5 nitrogen and oxygen atoms in total. The van der Waals surface area contributed by atoms with Crippen molar-refractivity contribution in [3.63, 3.8) is 0 Å². The second kappa shape index (κ2) is 10.8. The molecule has 2 aromatic rings. The van der Waals surface area contributed by atoms with E-state index in [-0.39, 0.29) is 0 Å². The normalized spacial score (nSPS) is 11.5. The van der Waals surface area contributed by atoms with Gasteiger partial charge >= 0.3 is 0 Å². The molecule has 0 bridgehead atoms. The number of aromatic nitrogens is 1. The Morgan fingerprint density at radius 3 is 2.40 bits per heavy atom. The molecular weight excluding hydrogens is 330 g/mol. The van der Waals surface area contributed by atoms with Crippen molar-refractivity contribution in [1.82, 2.24) is 9.88 Å². The Labute approximate surface area is 155 Å². The number of nitrogen functional groups attached to an aromatic ring is 1. The molecule has 6 heteroatoms. The maximum Gasteiger partial charge on any atom is 0.205 e. The molecule has 1 aromatic carbocycles. The number of benzene rings is 1. The van der Waals surface area contributed by atoms with Gasteiger partial charge in [-0.3, -0.25) is 10.3 Å². The van der Waals surface area contributed by atoms with Gasteiger partial charge in [0.15, 0.2) is 0 Å². The molecule has 3 N–H and O–H groups in total. The highest BCUT2D eigenvalue weighted by molar-refractivity contribution is 7.14. The van der Waals surface area contributed by atoms with Crippen LogP contribution in [0.25, 0.3) is 0 Å². The number of nitrogens with zero attached hydrogens (tertiary/aromatic N) is 3. The minimum atomic E-state index is 0.516. The largest absolute Gasteiger partial charge is 0.383 e. The van der Waals surface area contributed by atoms with Gasteiger partial charge in [-0.1, -0.05) is 51.0 Å². The minimum Gasteiger partial charge on any atom is -0.383 e. The first-order valence-corrected chi connectivity index (χ1v) is 9.90. The fourth-order valence-electron chi connectivity index (χ4n) is 2.50. The van der Waals surface area contributed by atoms with Crippen molar-refractivity contribution in [1.29, 1.82) is 0 Å². The van der Waals surface area contributed by atoms with Gasteiger partial charge in [0.25, 0.3) is 0 Å². The molecule has 0 saturated carbocycles. The van der Waals surface area contributed by atoms with Crippen molar-refractivity contribution in [2.24, 2.45) is 5.10 Å². The van der Waals surface area contributed by atoms with Gasteiger partial charge in [-0.15, -0.1) is 11.3 Å². The van der Waals surface area contributed by atoms with Crippen LogP contribution in [0.15, 0.2) is 34.7 Å². The topological polar surface area (TPSA) is 66.5 Å². The average Bonchev–Trinajstić information content (AvgIpc) is 3.04. The van der Waals surface area contributed by atoms with Gasteiger partial charge in [-0.05, 0) is 37.1 Å². The number of rotatable bonds is 11. The van der Waals surface area contributed by atoms with Crippen LogP contribution in [0.5, 0.6) is 0 Å². The van der Waals surface area contributed by atoms with Crippen LogP contribution in [0.1, 0.15) is 50.7 Å². The molecule has 0 atom stereocenters. The standard InChI is InChI=1S/C19H29N5S/c1-3-5-11-24(12-6-4-2)14-17-9-7-16(8-10-17)13-21-23-19-22-18(20)15-25-19/h7-10,13,15H,3-6,11-12,14,20H2,1-2H3,(H,22,23). The van der Waals surface area contributed by atoms with Gasteiger partial charge < -0.3 is 5.73 Å². The van der Waals surface area contributed by atoms with Crippen LogP contribution in [0.4, 0.5) is 10.9 Å². The van der Waals surface area contributed by atoms with Crippen molar-refractivity contribution in [3.8, 4) is 0 Å². The van der Waals surface area contributed by atoms with Crippen LogP contribution in [0.3, 0.4) is 0 Å². The lowest BCUT2D eigenvalue weighted by Crippen LogP contribution is -2.25.